The first-order valence-electron chi connectivity index (χ1n) is 7.00. The zero-order valence-corrected chi connectivity index (χ0v) is 11.9. The molecule has 21 heavy (non-hydrogen) atoms. The maximum Gasteiger partial charge on any atom is 0.317 e. The SMILES string of the molecule is CC1C(C(=O)O)CCN1C(=O)NCCc1cccc(F)c1. The van der Waals surface area contributed by atoms with E-state index in [4.69, 9.17) is 5.11 Å². The molecular weight excluding hydrogens is 275 g/mol. The number of amides is 2. The van der Waals surface area contributed by atoms with Gasteiger partial charge in [-0.25, -0.2) is 9.18 Å². The van der Waals surface area contributed by atoms with E-state index in [0.29, 0.717) is 25.9 Å². The average Bonchev–Trinajstić information content (AvgIpc) is 2.80. The first-order valence-corrected chi connectivity index (χ1v) is 7.00. The molecule has 1 aromatic rings. The van der Waals surface area contributed by atoms with E-state index >= 15 is 0 Å². The summed E-state index contributed by atoms with van der Waals surface area (Å²) >= 11 is 0. The van der Waals surface area contributed by atoms with Gasteiger partial charge in [0, 0.05) is 19.1 Å². The molecule has 1 saturated heterocycles. The van der Waals surface area contributed by atoms with Crippen molar-refractivity contribution < 1.29 is 19.1 Å². The molecule has 0 aromatic heterocycles. The Hall–Kier alpha value is -2.11. The van der Waals surface area contributed by atoms with Crippen LogP contribution in [0, 0.1) is 11.7 Å². The quantitative estimate of drug-likeness (QED) is 0.890. The predicted octanol–water partition coefficient (Wildman–Crippen LogP) is 1.87. The topological polar surface area (TPSA) is 69.6 Å². The van der Waals surface area contributed by atoms with Gasteiger partial charge in [-0.05, 0) is 37.5 Å². The van der Waals surface area contributed by atoms with E-state index in [-0.39, 0.29) is 17.9 Å². The van der Waals surface area contributed by atoms with Crippen molar-refractivity contribution in [3.05, 3.63) is 35.6 Å². The lowest BCUT2D eigenvalue weighted by Crippen LogP contribution is -2.44. The number of rotatable bonds is 4. The lowest BCUT2D eigenvalue weighted by atomic mass is 10.0. The number of likely N-dealkylation sites (tertiary alicyclic amines) is 1. The number of nitrogens with one attached hydrogen (secondary N) is 1. The van der Waals surface area contributed by atoms with Gasteiger partial charge in [0.05, 0.1) is 5.92 Å². The highest BCUT2D eigenvalue weighted by Gasteiger charge is 2.37. The summed E-state index contributed by atoms with van der Waals surface area (Å²) in [4.78, 5) is 24.6. The van der Waals surface area contributed by atoms with Crippen LogP contribution in [-0.4, -0.2) is 41.1 Å². The van der Waals surface area contributed by atoms with Gasteiger partial charge in [-0.3, -0.25) is 4.79 Å². The molecule has 1 aliphatic heterocycles. The second-order valence-electron chi connectivity index (χ2n) is 5.28. The predicted molar refractivity (Wildman–Crippen MR) is 75.4 cm³/mol. The smallest absolute Gasteiger partial charge is 0.317 e. The van der Waals surface area contributed by atoms with Crippen molar-refractivity contribution in [1.29, 1.82) is 0 Å². The maximum atomic E-state index is 13.0. The molecule has 2 atom stereocenters. The molecule has 2 rings (SSSR count). The number of hydrogen-bond acceptors (Lipinski definition) is 2. The molecule has 6 heteroatoms. The van der Waals surface area contributed by atoms with Crippen molar-refractivity contribution >= 4 is 12.0 Å². The van der Waals surface area contributed by atoms with Crippen molar-refractivity contribution in [1.82, 2.24) is 10.2 Å². The Kier molecular flexibility index (Phi) is 4.77. The highest BCUT2D eigenvalue weighted by atomic mass is 19.1. The Bertz CT molecular complexity index is 535. The standard InChI is InChI=1S/C15H19FN2O3/c1-10-13(14(19)20)6-8-18(10)15(21)17-7-5-11-3-2-4-12(16)9-11/h2-4,9-10,13H,5-8H2,1H3,(H,17,21)(H,19,20). The van der Waals surface area contributed by atoms with E-state index in [1.54, 1.807) is 24.0 Å². The Balaban J connectivity index is 1.81. The first-order chi connectivity index (χ1) is 9.99. The molecule has 1 heterocycles. The van der Waals surface area contributed by atoms with Gasteiger partial charge in [0.25, 0.3) is 0 Å². The van der Waals surface area contributed by atoms with E-state index < -0.39 is 11.9 Å². The molecule has 5 nitrogen and oxygen atoms in total. The van der Waals surface area contributed by atoms with Crippen LogP contribution in [0.2, 0.25) is 0 Å². The summed E-state index contributed by atoms with van der Waals surface area (Å²) < 4.78 is 13.0. The number of hydrogen-bond donors (Lipinski definition) is 2. The van der Waals surface area contributed by atoms with Crippen molar-refractivity contribution in [3.63, 3.8) is 0 Å². The second kappa shape index (κ2) is 6.56. The van der Waals surface area contributed by atoms with Gasteiger partial charge in [-0.1, -0.05) is 12.1 Å². The van der Waals surface area contributed by atoms with E-state index in [1.807, 2.05) is 0 Å². The summed E-state index contributed by atoms with van der Waals surface area (Å²) in [6.07, 6.45) is 1.02. The summed E-state index contributed by atoms with van der Waals surface area (Å²) in [5.41, 5.74) is 0.813. The first kappa shape index (κ1) is 15.3. The van der Waals surface area contributed by atoms with Crippen LogP contribution in [0.15, 0.2) is 24.3 Å². The van der Waals surface area contributed by atoms with E-state index in [0.717, 1.165) is 5.56 Å². The number of urea groups is 1. The molecule has 1 aliphatic rings. The van der Waals surface area contributed by atoms with Gasteiger partial charge in [0.15, 0.2) is 0 Å². The molecule has 2 N–H and O–H groups in total. The summed E-state index contributed by atoms with van der Waals surface area (Å²) in [7, 11) is 0. The minimum absolute atomic E-state index is 0.261. The number of benzene rings is 1. The molecule has 114 valence electrons. The Labute approximate surface area is 122 Å². The van der Waals surface area contributed by atoms with Crippen LogP contribution in [-0.2, 0) is 11.2 Å². The van der Waals surface area contributed by atoms with Crippen molar-refractivity contribution in [2.24, 2.45) is 5.92 Å². The van der Waals surface area contributed by atoms with E-state index in [9.17, 15) is 14.0 Å². The number of carbonyl (C=O) groups excluding carboxylic acids is 1. The van der Waals surface area contributed by atoms with Gasteiger partial charge in [0.2, 0.25) is 0 Å². The molecule has 0 spiro atoms. The lowest BCUT2D eigenvalue weighted by Gasteiger charge is -2.23. The van der Waals surface area contributed by atoms with Gasteiger partial charge in [-0.2, -0.15) is 0 Å². The molecule has 0 saturated carbocycles. The van der Waals surface area contributed by atoms with Crippen LogP contribution in [0.4, 0.5) is 9.18 Å². The van der Waals surface area contributed by atoms with Crippen LogP contribution in [0.5, 0.6) is 0 Å². The fourth-order valence-electron chi connectivity index (χ4n) is 2.66. The minimum Gasteiger partial charge on any atom is -0.481 e. The number of carboxylic acids is 1. The maximum absolute atomic E-state index is 13.0. The Morgan fingerprint density at radius 3 is 2.86 bits per heavy atom. The molecule has 1 fully saturated rings. The van der Waals surface area contributed by atoms with Gasteiger partial charge in [-0.15, -0.1) is 0 Å². The molecule has 0 bridgehead atoms. The summed E-state index contributed by atoms with van der Waals surface area (Å²) in [6, 6.07) is 5.67. The molecule has 2 unspecified atom stereocenters. The highest BCUT2D eigenvalue weighted by molar-refractivity contribution is 5.78. The molecule has 1 aromatic carbocycles. The van der Waals surface area contributed by atoms with Crippen LogP contribution in [0.1, 0.15) is 18.9 Å². The third kappa shape index (κ3) is 3.71. The summed E-state index contributed by atoms with van der Waals surface area (Å²) in [5.74, 6) is -1.66. The lowest BCUT2D eigenvalue weighted by molar-refractivity contribution is -0.142. The fraction of sp³-hybridized carbons (Fsp3) is 0.467. The normalized spacial score (nSPS) is 21.3. The van der Waals surface area contributed by atoms with Crippen molar-refractivity contribution in [2.45, 2.75) is 25.8 Å². The van der Waals surface area contributed by atoms with Crippen molar-refractivity contribution in [3.8, 4) is 0 Å². The average molecular weight is 294 g/mol. The zero-order chi connectivity index (χ0) is 15.4. The van der Waals surface area contributed by atoms with E-state index in [2.05, 4.69) is 5.32 Å². The third-order valence-corrected chi connectivity index (χ3v) is 3.91. The summed E-state index contributed by atoms with van der Waals surface area (Å²) in [5, 5.41) is 11.8. The zero-order valence-electron chi connectivity index (χ0n) is 11.9. The largest absolute Gasteiger partial charge is 0.481 e. The number of aliphatic carboxylic acids is 1. The number of halogens is 1. The van der Waals surface area contributed by atoms with Gasteiger partial charge < -0.3 is 15.3 Å². The number of carboxylic acid groups (broad SMARTS) is 1. The fourth-order valence-corrected chi connectivity index (χ4v) is 2.66. The van der Waals surface area contributed by atoms with Crippen LogP contribution in [0.25, 0.3) is 0 Å². The molecule has 0 radical (unpaired) electrons. The van der Waals surface area contributed by atoms with Crippen molar-refractivity contribution in [2.75, 3.05) is 13.1 Å². The van der Waals surface area contributed by atoms with Crippen LogP contribution >= 0.6 is 0 Å². The van der Waals surface area contributed by atoms with E-state index in [1.165, 1.54) is 12.1 Å². The monoisotopic (exact) mass is 294 g/mol. The second-order valence-corrected chi connectivity index (χ2v) is 5.28. The summed E-state index contributed by atoms with van der Waals surface area (Å²) in [6.45, 7) is 2.59. The molecular formula is C15H19FN2O3. The van der Waals surface area contributed by atoms with Gasteiger partial charge >= 0.3 is 12.0 Å². The van der Waals surface area contributed by atoms with Crippen LogP contribution < -0.4 is 5.32 Å². The molecule has 2 amide bonds. The minimum atomic E-state index is -0.863. The van der Waals surface area contributed by atoms with Crippen LogP contribution in [0.3, 0.4) is 0 Å². The Morgan fingerprint density at radius 2 is 2.24 bits per heavy atom. The van der Waals surface area contributed by atoms with Gasteiger partial charge in [0.1, 0.15) is 5.82 Å². The highest BCUT2D eigenvalue weighted by Crippen LogP contribution is 2.24. The number of nitrogens with zero attached hydrogens (tertiary/aromatic N) is 1. The molecule has 0 aliphatic carbocycles. The third-order valence-electron chi connectivity index (χ3n) is 3.91. The Morgan fingerprint density at radius 1 is 1.48 bits per heavy atom. The number of carbonyl (C=O) groups is 2.